The molecule has 0 saturated carbocycles. The molecule has 1 aromatic rings. The number of nitrogens with one attached hydrogen (secondary N) is 2. The molecule has 0 radical (unpaired) electrons. The number of nitrogens with zero attached hydrogens (tertiary/aromatic N) is 2. The number of amides is 1. The number of aromatic nitrogens is 2. The smallest absolute Gasteiger partial charge is 0.239 e. The minimum absolute atomic E-state index is 0.301. The van der Waals surface area contributed by atoms with E-state index in [0.717, 1.165) is 0 Å². The SMILES string of the molecule is CNc1cc(NC(C)C(N)=O)nc(COC)n1. The van der Waals surface area contributed by atoms with Crippen LogP contribution in [0.4, 0.5) is 11.6 Å². The first kappa shape index (κ1) is 13.2. The van der Waals surface area contributed by atoms with Crippen molar-refractivity contribution in [1.82, 2.24) is 9.97 Å². The number of anilines is 2. The fourth-order valence-corrected chi connectivity index (χ4v) is 1.19. The highest BCUT2D eigenvalue weighted by Crippen LogP contribution is 2.12. The van der Waals surface area contributed by atoms with Crippen molar-refractivity contribution in [2.45, 2.75) is 19.6 Å². The fraction of sp³-hybridized carbons (Fsp3) is 0.500. The van der Waals surface area contributed by atoms with Crippen LogP contribution in [0.1, 0.15) is 12.7 Å². The van der Waals surface area contributed by atoms with Gasteiger partial charge in [0, 0.05) is 20.2 Å². The molecule has 1 rings (SSSR count). The van der Waals surface area contributed by atoms with Crippen LogP contribution in [0.3, 0.4) is 0 Å². The molecule has 4 N–H and O–H groups in total. The highest BCUT2D eigenvalue weighted by Gasteiger charge is 2.10. The summed E-state index contributed by atoms with van der Waals surface area (Å²) in [5, 5.41) is 5.80. The summed E-state index contributed by atoms with van der Waals surface area (Å²) in [5.41, 5.74) is 5.17. The van der Waals surface area contributed by atoms with E-state index in [9.17, 15) is 4.79 Å². The first-order valence-electron chi connectivity index (χ1n) is 5.17. The van der Waals surface area contributed by atoms with Crippen LogP contribution in [-0.4, -0.2) is 36.1 Å². The summed E-state index contributed by atoms with van der Waals surface area (Å²) in [5.74, 6) is 1.26. The first-order valence-corrected chi connectivity index (χ1v) is 5.17. The van der Waals surface area contributed by atoms with E-state index in [1.807, 2.05) is 0 Å². The van der Waals surface area contributed by atoms with Gasteiger partial charge in [0.05, 0.1) is 0 Å². The summed E-state index contributed by atoms with van der Waals surface area (Å²) in [7, 11) is 3.31. The second kappa shape index (κ2) is 6.00. The number of methoxy groups -OCH3 is 1. The van der Waals surface area contributed by atoms with Crippen LogP contribution in [-0.2, 0) is 16.1 Å². The summed E-state index contributed by atoms with van der Waals surface area (Å²) < 4.78 is 4.96. The van der Waals surface area contributed by atoms with Crippen molar-refractivity contribution < 1.29 is 9.53 Å². The summed E-state index contributed by atoms with van der Waals surface area (Å²) in [6.07, 6.45) is 0. The molecule has 0 bridgehead atoms. The number of carbonyl (C=O) groups is 1. The van der Waals surface area contributed by atoms with Crippen molar-refractivity contribution in [3.8, 4) is 0 Å². The quantitative estimate of drug-likeness (QED) is 0.643. The molecule has 0 spiro atoms. The maximum Gasteiger partial charge on any atom is 0.239 e. The molecule has 1 heterocycles. The van der Waals surface area contributed by atoms with Gasteiger partial charge in [-0.15, -0.1) is 0 Å². The van der Waals surface area contributed by atoms with Crippen molar-refractivity contribution in [2.75, 3.05) is 24.8 Å². The molecule has 94 valence electrons. The van der Waals surface area contributed by atoms with Gasteiger partial charge in [-0.25, -0.2) is 9.97 Å². The van der Waals surface area contributed by atoms with Crippen molar-refractivity contribution in [1.29, 1.82) is 0 Å². The van der Waals surface area contributed by atoms with Crippen molar-refractivity contribution >= 4 is 17.5 Å². The number of hydrogen-bond acceptors (Lipinski definition) is 6. The number of ether oxygens (including phenoxy) is 1. The van der Waals surface area contributed by atoms with Crippen molar-refractivity contribution in [3.63, 3.8) is 0 Å². The molecule has 0 fully saturated rings. The van der Waals surface area contributed by atoms with Gasteiger partial charge in [0.2, 0.25) is 5.91 Å². The van der Waals surface area contributed by atoms with Crippen LogP contribution in [0.25, 0.3) is 0 Å². The Morgan fingerprint density at radius 1 is 1.53 bits per heavy atom. The molecule has 1 atom stereocenters. The summed E-state index contributed by atoms with van der Waals surface area (Å²) >= 11 is 0. The third kappa shape index (κ3) is 3.87. The zero-order valence-electron chi connectivity index (χ0n) is 10.2. The standard InChI is InChI=1S/C10H17N5O2/c1-6(10(11)16)13-8-4-7(12-2)14-9(15-8)5-17-3/h4,6H,5H2,1-3H3,(H2,11,16)(H2,12,13,14,15). The van der Waals surface area contributed by atoms with Crippen LogP contribution >= 0.6 is 0 Å². The van der Waals surface area contributed by atoms with Gasteiger partial charge in [-0.3, -0.25) is 4.79 Å². The predicted octanol–water partition coefficient (Wildman–Crippen LogP) is -0.0496. The number of nitrogens with two attached hydrogens (primary N) is 1. The number of rotatable bonds is 6. The predicted molar refractivity (Wildman–Crippen MR) is 64.6 cm³/mol. The lowest BCUT2D eigenvalue weighted by Gasteiger charge is -2.12. The zero-order valence-corrected chi connectivity index (χ0v) is 10.2. The number of primary amides is 1. The van der Waals surface area contributed by atoms with Gasteiger partial charge in [0.15, 0.2) is 5.82 Å². The largest absolute Gasteiger partial charge is 0.377 e. The molecule has 1 amide bonds. The minimum atomic E-state index is -0.495. The average Bonchev–Trinajstić information content (AvgIpc) is 2.28. The lowest BCUT2D eigenvalue weighted by Crippen LogP contribution is -2.32. The number of hydrogen-bond donors (Lipinski definition) is 3. The topological polar surface area (TPSA) is 102 Å². The fourth-order valence-electron chi connectivity index (χ4n) is 1.19. The molecule has 0 aliphatic carbocycles. The Bertz CT molecular complexity index is 396. The Morgan fingerprint density at radius 3 is 2.71 bits per heavy atom. The monoisotopic (exact) mass is 239 g/mol. The van der Waals surface area contributed by atoms with Crippen molar-refractivity contribution in [2.24, 2.45) is 5.73 Å². The van der Waals surface area contributed by atoms with E-state index in [4.69, 9.17) is 10.5 Å². The Balaban J connectivity index is 2.90. The Hall–Kier alpha value is -1.89. The highest BCUT2D eigenvalue weighted by atomic mass is 16.5. The lowest BCUT2D eigenvalue weighted by molar-refractivity contribution is -0.118. The van der Waals surface area contributed by atoms with Gasteiger partial charge in [0.25, 0.3) is 0 Å². The van der Waals surface area contributed by atoms with Crippen molar-refractivity contribution in [3.05, 3.63) is 11.9 Å². The molecule has 7 nitrogen and oxygen atoms in total. The van der Waals surface area contributed by atoms with E-state index in [1.165, 1.54) is 0 Å². The molecule has 1 aromatic heterocycles. The molecule has 0 aromatic carbocycles. The summed E-state index contributed by atoms with van der Waals surface area (Å²) in [6.45, 7) is 1.97. The van der Waals surface area contributed by atoms with E-state index >= 15 is 0 Å². The molecule has 0 aliphatic rings. The molecule has 17 heavy (non-hydrogen) atoms. The molecular formula is C10H17N5O2. The van der Waals surface area contributed by atoms with Crippen LogP contribution in [0.5, 0.6) is 0 Å². The molecule has 7 heteroatoms. The second-order valence-electron chi connectivity index (χ2n) is 3.51. The van der Waals surface area contributed by atoms with Gasteiger partial charge in [0.1, 0.15) is 24.3 Å². The van der Waals surface area contributed by atoms with Crippen LogP contribution in [0.2, 0.25) is 0 Å². The Labute approximate surface area is 99.8 Å². The van der Waals surface area contributed by atoms with E-state index in [0.29, 0.717) is 24.1 Å². The van der Waals surface area contributed by atoms with Crippen LogP contribution in [0.15, 0.2) is 6.07 Å². The molecular weight excluding hydrogens is 222 g/mol. The minimum Gasteiger partial charge on any atom is -0.377 e. The second-order valence-corrected chi connectivity index (χ2v) is 3.51. The Kier molecular flexibility index (Phi) is 4.65. The third-order valence-corrected chi connectivity index (χ3v) is 2.09. The lowest BCUT2D eigenvalue weighted by atomic mass is 10.3. The van der Waals surface area contributed by atoms with Gasteiger partial charge in [-0.05, 0) is 6.92 Å². The summed E-state index contributed by atoms with van der Waals surface area (Å²) in [6, 6.07) is 1.20. The third-order valence-electron chi connectivity index (χ3n) is 2.09. The average molecular weight is 239 g/mol. The molecule has 1 unspecified atom stereocenters. The maximum atomic E-state index is 10.9. The van der Waals surface area contributed by atoms with E-state index in [-0.39, 0.29) is 0 Å². The van der Waals surface area contributed by atoms with E-state index in [1.54, 1.807) is 27.1 Å². The first-order chi connectivity index (χ1) is 8.06. The van der Waals surface area contributed by atoms with E-state index < -0.39 is 11.9 Å². The molecule has 0 aliphatic heterocycles. The maximum absolute atomic E-state index is 10.9. The van der Waals surface area contributed by atoms with E-state index in [2.05, 4.69) is 20.6 Å². The van der Waals surface area contributed by atoms with Crippen LogP contribution in [0, 0.1) is 0 Å². The number of carbonyl (C=O) groups excluding carboxylic acids is 1. The zero-order chi connectivity index (χ0) is 12.8. The Morgan fingerprint density at radius 2 is 2.18 bits per heavy atom. The van der Waals surface area contributed by atoms with Gasteiger partial charge in [-0.1, -0.05) is 0 Å². The highest BCUT2D eigenvalue weighted by molar-refractivity contribution is 5.82. The van der Waals surface area contributed by atoms with Gasteiger partial charge in [-0.2, -0.15) is 0 Å². The summed E-state index contributed by atoms with van der Waals surface area (Å²) in [4.78, 5) is 19.3. The van der Waals surface area contributed by atoms with Crippen LogP contribution < -0.4 is 16.4 Å². The normalized spacial score (nSPS) is 11.9. The van der Waals surface area contributed by atoms with Gasteiger partial charge >= 0.3 is 0 Å². The molecule has 0 saturated heterocycles. The van der Waals surface area contributed by atoms with Gasteiger partial charge < -0.3 is 21.1 Å².